The number of hydrogen-bond acceptors (Lipinski definition) is 11. The maximum atomic E-state index is 16.6. The Bertz CT molecular complexity index is 2230. The van der Waals surface area contributed by atoms with E-state index in [2.05, 4.69) is 15.4 Å². The molecule has 3 aliphatic rings. The van der Waals surface area contributed by atoms with Crippen molar-refractivity contribution >= 4 is 52.6 Å². The minimum atomic E-state index is -4.45. The SMILES string of the molecule is CCCOC(=O)[C@H](C)NP(=O)(Oc1ccccc1)C(F)c1ccc2sc(C(=O)N[C@H]3CCCC[C@H]4CC[C@@H](C(=O)N5CC(OCCOC)(c6cccnc6)C5)N4C3=O)cc2c1. The molecule has 5 heterocycles. The standard InChI is InChI=1S/C44H53FN5O9PS/c1-4-21-57-43(54)29(2)48-60(55,59-34-13-6-5-7-14-34)39(45)30-16-19-37-31(24-30)25-38(61-37)40(51)47-35-15-9-8-12-33-17-18-36(50(33)41(35)52)42(53)49-27-44(28-49,58-23-22-56-3)32-11-10-20-46-26-32/h5-7,10-11,13-14,16,19-20,24-26,29,33,35-36,39H,4,8-9,12,15,17-18,21-23,27-28H2,1-3H3,(H,47,51)(H,48,55)/t29-,33-,35-,36-,39?,60?/m0/s1. The monoisotopic (exact) mass is 877 g/mol. The Morgan fingerprint density at radius 2 is 1.79 bits per heavy atom. The molecule has 3 fully saturated rings. The van der Waals surface area contributed by atoms with Gasteiger partial charge in [-0.05, 0) is 86.4 Å². The third-order valence-electron chi connectivity index (χ3n) is 11.5. The van der Waals surface area contributed by atoms with E-state index in [1.165, 1.54) is 30.4 Å². The predicted octanol–water partition coefficient (Wildman–Crippen LogP) is 6.90. The fourth-order valence-electron chi connectivity index (χ4n) is 8.33. The second-order valence-electron chi connectivity index (χ2n) is 15.8. The zero-order valence-electron chi connectivity index (χ0n) is 34.6. The Hall–Kier alpha value is -4.73. The summed E-state index contributed by atoms with van der Waals surface area (Å²) < 4.78 is 54.0. The van der Waals surface area contributed by atoms with Gasteiger partial charge in [-0.25, -0.2) is 9.48 Å². The van der Waals surface area contributed by atoms with Crippen LogP contribution < -0.4 is 14.9 Å². The van der Waals surface area contributed by atoms with Gasteiger partial charge in [-0.3, -0.25) is 28.7 Å². The van der Waals surface area contributed by atoms with Crippen LogP contribution in [0.15, 0.2) is 79.1 Å². The van der Waals surface area contributed by atoms with Gasteiger partial charge in [-0.1, -0.05) is 50.1 Å². The number of aromatic nitrogens is 1. The minimum absolute atomic E-state index is 0.0190. The topological polar surface area (TPSA) is 166 Å². The van der Waals surface area contributed by atoms with Crippen LogP contribution in [0, 0.1) is 0 Å². The smallest absolute Gasteiger partial charge is 0.355 e. The highest BCUT2D eigenvalue weighted by molar-refractivity contribution is 7.57. The number of fused-ring (bicyclic) bond motifs is 2. The highest BCUT2D eigenvalue weighted by Gasteiger charge is 2.52. The number of halogens is 1. The van der Waals surface area contributed by atoms with Gasteiger partial charge >= 0.3 is 13.5 Å². The average molecular weight is 878 g/mol. The number of pyridine rings is 1. The maximum Gasteiger partial charge on any atom is 0.355 e. The number of hydrogen-bond donors (Lipinski definition) is 2. The number of thiophene rings is 1. The summed E-state index contributed by atoms with van der Waals surface area (Å²) in [5.41, 5.74) is 0.171. The van der Waals surface area contributed by atoms with Crippen molar-refractivity contribution in [1.29, 1.82) is 0 Å². The first-order valence-corrected chi connectivity index (χ1v) is 23.4. The van der Waals surface area contributed by atoms with E-state index in [9.17, 15) is 23.7 Å². The predicted molar refractivity (Wildman–Crippen MR) is 228 cm³/mol. The number of carbonyl (C=O) groups is 4. The van der Waals surface area contributed by atoms with E-state index >= 15 is 4.39 Å². The molecule has 4 aromatic rings. The third kappa shape index (κ3) is 9.84. The van der Waals surface area contributed by atoms with E-state index in [0.29, 0.717) is 66.9 Å². The summed E-state index contributed by atoms with van der Waals surface area (Å²) in [6.07, 6.45) is 8.04. The van der Waals surface area contributed by atoms with Crippen LogP contribution in [0.2, 0.25) is 0 Å². The third-order valence-corrected chi connectivity index (χ3v) is 14.7. The van der Waals surface area contributed by atoms with Crippen molar-refractivity contribution in [2.45, 2.75) is 94.5 Å². The second kappa shape index (κ2) is 19.5. The van der Waals surface area contributed by atoms with Crippen molar-refractivity contribution in [3.8, 4) is 5.75 Å². The molecule has 7 rings (SSSR count). The van der Waals surface area contributed by atoms with Gasteiger partial charge in [0, 0.05) is 35.8 Å². The van der Waals surface area contributed by atoms with E-state index in [4.69, 9.17) is 18.7 Å². The van der Waals surface area contributed by atoms with Crippen molar-refractivity contribution in [2.24, 2.45) is 0 Å². The lowest BCUT2D eigenvalue weighted by Gasteiger charge is -2.51. The van der Waals surface area contributed by atoms with E-state index in [-0.39, 0.29) is 35.8 Å². The van der Waals surface area contributed by atoms with Gasteiger partial charge in [0.05, 0.1) is 37.8 Å². The Balaban J connectivity index is 1.05. The van der Waals surface area contributed by atoms with Crippen LogP contribution in [0.1, 0.15) is 85.5 Å². The van der Waals surface area contributed by atoms with Gasteiger partial charge < -0.3 is 33.9 Å². The number of amides is 3. The summed E-state index contributed by atoms with van der Waals surface area (Å²) in [7, 11) is -2.85. The molecule has 17 heteroatoms. The van der Waals surface area contributed by atoms with Gasteiger partial charge in [0.1, 0.15) is 29.5 Å². The van der Waals surface area contributed by atoms with Crippen molar-refractivity contribution in [3.05, 3.63) is 95.1 Å². The number of alkyl halides is 1. The molecule has 14 nitrogen and oxygen atoms in total. The first-order valence-electron chi connectivity index (χ1n) is 20.9. The summed E-state index contributed by atoms with van der Waals surface area (Å²) in [6, 6.07) is 15.4. The molecule has 0 aliphatic carbocycles. The van der Waals surface area contributed by atoms with Gasteiger partial charge in [0.25, 0.3) is 5.91 Å². The number of para-hydroxylation sites is 1. The van der Waals surface area contributed by atoms with E-state index in [1.807, 2.05) is 19.1 Å². The molecule has 0 bridgehead atoms. The first kappa shape index (κ1) is 44.3. The number of esters is 1. The molecule has 0 radical (unpaired) electrons. The van der Waals surface area contributed by atoms with Crippen LogP contribution in [0.3, 0.4) is 0 Å². The largest absolute Gasteiger partial charge is 0.465 e. The molecular weight excluding hydrogens is 825 g/mol. The molecule has 2 N–H and O–H groups in total. The van der Waals surface area contributed by atoms with Crippen LogP contribution in [-0.2, 0) is 38.8 Å². The molecule has 2 unspecified atom stereocenters. The Labute approximate surface area is 359 Å². The molecular formula is C44H53FN5O9PS. The van der Waals surface area contributed by atoms with Gasteiger partial charge in [-0.15, -0.1) is 11.3 Å². The summed E-state index contributed by atoms with van der Waals surface area (Å²) in [5, 5.41) is 6.08. The van der Waals surface area contributed by atoms with E-state index in [1.54, 1.807) is 71.8 Å². The van der Waals surface area contributed by atoms with Crippen molar-refractivity contribution in [2.75, 3.05) is 40.0 Å². The Morgan fingerprint density at radius 1 is 1.00 bits per heavy atom. The van der Waals surface area contributed by atoms with Crippen LogP contribution in [0.25, 0.3) is 10.1 Å². The van der Waals surface area contributed by atoms with Crippen LogP contribution in [0.4, 0.5) is 4.39 Å². The highest BCUT2D eigenvalue weighted by Crippen LogP contribution is 2.58. The molecule has 326 valence electrons. The summed E-state index contributed by atoms with van der Waals surface area (Å²) in [6.45, 7) is 4.83. The van der Waals surface area contributed by atoms with E-state index < -0.39 is 49.0 Å². The molecule has 61 heavy (non-hydrogen) atoms. The van der Waals surface area contributed by atoms with Crippen LogP contribution >= 0.6 is 18.9 Å². The fraction of sp³-hybridized carbons (Fsp3) is 0.477. The number of rotatable bonds is 17. The number of ether oxygens (including phenoxy) is 3. The molecule has 3 aliphatic heterocycles. The number of benzene rings is 2. The lowest BCUT2D eigenvalue weighted by Crippen LogP contribution is -2.66. The molecule has 0 saturated carbocycles. The molecule has 0 spiro atoms. The average Bonchev–Trinajstić information content (AvgIpc) is 3.88. The first-order chi connectivity index (χ1) is 29.4. The normalized spacial score (nSPS) is 21.9. The molecule has 2 aromatic carbocycles. The lowest BCUT2D eigenvalue weighted by molar-refractivity contribution is -0.180. The quantitative estimate of drug-likeness (QED) is 0.0644. The van der Waals surface area contributed by atoms with Crippen molar-refractivity contribution in [1.82, 2.24) is 25.2 Å². The molecule has 2 aromatic heterocycles. The van der Waals surface area contributed by atoms with Crippen molar-refractivity contribution in [3.63, 3.8) is 0 Å². The molecule has 6 atom stereocenters. The zero-order chi connectivity index (χ0) is 43.1. The Kier molecular flexibility index (Phi) is 14.2. The highest BCUT2D eigenvalue weighted by atomic mass is 32.1. The minimum Gasteiger partial charge on any atom is -0.465 e. The van der Waals surface area contributed by atoms with Gasteiger partial charge in [-0.2, -0.15) is 0 Å². The fourth-order valence-corrected chi connectivity index (χ4v) is 11.2. The molecule has 3 saturated heterocycles. The maximum absolute atomic E-state index is 16.6. The number of likely N-dealkylation sites (tertiary alicyclic amines) is 1. The van der Waals surface area contributed by atoms with Crippen LogP contribution in [0.5, 0.6) is 5.75 Å². The second-order valence-corrected chi connectivity index (χ2v) is 19.0. The lowest BCUT2D eigenvalue weighted by atomic mass is 9.86. The van der Waals surface area contributed by atoms with Crippen molar-refractivity contribution < 1.29 is 46.9 Å². The van der Waals surface area contributed by atoms with Gasteiger partial charge in [0.2, 0.25) is 17.7 Å². The van der Waals surface area contributed by atoms with Gasteiger partial charge in [0.15, 0.2) is 0 Å². The number of carbonyl (C=O) groups excluding carboxylic acids is 4. The summed E-state index contributed by atoms with van der Waals surface area (Å²) >= 11 is 1.18. The van der Waals surface area contributed by atoms with Crippen LogP contribution in [-0.4, -0.2) is 103 Å². The zero-order valence-corrected chi connectivity index (χ0v) is 36.3. The molecule has 3 amide bonds. The van der Waals surface area contributed by atoms with E-state index in [0.717, 1.165) is 24.8 Å². The Morgan fingerprint density at radius 3 is 2.52 bits per heavy atom. The summed E-state index contributed by atoms with van der Waals surface area (Å²) in [4.78, 5) is 63.0. The number of nitrogens with zero attached hydrogens (tertiary/aromatic N) is 3. The number of methoxy groups -OCH3 is 1. The summed E-state index contributed by atoms with van der Waals surface area (Å²) in [5.74, 6) is -3.61. The number of nitrogens with one attached hydrogen (secondary N) is 2.